The number of hydrogen-bond donors (Lipinski definition) is 7. The first-order valence-corrected chi connectivity index (χ1v) is 17.2. The van der Waals surface area contributed by atoms with E-state index in [4.69, 9.17) is 21.3 Å². The smallest absolute Gasteiger partial charge is 0.416 e. The van der Waals surface area contributed by atoms with Gasteiger partial charge in [-0.1, -0.05) is 30.3 Å². The topological polar surface area (TPSA) is 226 Å². The van der Waals surface area contributed by atoms with E-state index in [9.17, 15) is 32.3 Å². The normalized spacial score (nSPS) is 13.6. The van der Waals surface area contributed by atoms with Crippen LogP contribution >= 0.6 is 12.4 Å². The number of carboxylic acid groups (broad SMARTS) is 1. The highest BCUT2D eigenvalue weighted by molar-refractivity contribution is 6.01. The molecule has 3 aromatic rings. The van der Waals surface area contributed by atoms with Crippen molar-refractivity contribution in [2.75, 3.05) is 32.0 Å². The van der Waals surface area contributed by atoms with Gasteiger partial charge in [0, 0.05) is 30.9 Å². The second-order valence-electron chi connectivity index (χ2n) is 13.6. The van der Waals surface area contributed by atoms with Crippen molar-refractivity contribution >= 4 is 59.0 Å². The first-order chi connectivity index (χ1) is 25.3. The molecule has 1 aromatic heterocycles. The Balaban J connectivity index is 0.0000105. The van der Waals surface area contributed by atoms with Crippen molar-refractivity contribution in [1.82, 2.24) is 25.8 Å². The van der Waals surface area contributed by atoms with E-state index >= 15 is 0 Å². The molecule has 0 aliphatic rings. The van der Waals surface area contributed by atoms with Crippen molar-refractivity contribution in [2.24, 2.45) is 16.5 Å². The second kappa shape index (κ2) is 21.2. The molecule has 0 fully saturated rings. The first kappa shape index (κ1) is 46.1. The van der Waals surface area contributed by atoms with Crippen LogP contribution in [0.25, 0.3) is 10.9 Å². The molecule has 0 spiro atoms. The molecule has 9 N–H and O–H groups in total. The van der Waals surface area contributed by atoms with Crippen LogP contribution in [0.4, 0.5) is 28.4 Å². The number of amides is 4. The van der Waals surface area contributed by atoms with Crippen LogP contribution < -0.4 is 32.7 Å². The van der Waals surface area contributed by atoms with Gasteiger partial charge in [-0.3, -0.25) is 30.2 Å². The molecular formula is C36H49ClF3N9O6. The Labute approximate surface area is 323 Å². The molecule has 55 heavy (non-hydrogen) atoms. The summed E-state index contributed by atoms with van der Waals surface area (Å²) in [6.45, 7) is 5.65. The number of likely N-dealkylation sites (N-methyl/N-ethyl adjacent to an activating group) is 1. The number of carbonyl (C=O) groups excluding carboxylic acids is 3. The van der Waals surface area contributed by atoms with Gasteiger partial charge < -0.3 is 36.8 Å². The summed E-state index contributed by atoms with van der Waals surface area (Å²) in [7, 11) is 1.79. The molecule has 0 saturated carbocycles. The van der Waals surface area contributed by atoms with E-state index in [-0.39, 0.29) is 50.3 Å². The summed E-state index contributed by atoms with van der Waals surface area (Å²) < 4.78 is 44.6. The highest BCUT2D eigenvalue weighted by Gasteiger charge is 2.31. The fourth-order valence-electron chi connectivity index (χ4n) is 5.26. The van der Waals surface area contributed by atoms with Crippen LogP contribution in [-0.4, -0.2) is 95.4 Å². The van der Waals surface area contributed by atoms with Gasteiger partial charge in [-0.25, -0.2) is 9.59 Å². The number of alkyl carbamates (subject to hydrolysis) is 1. The lowest BCUT2D eigenvalue weighted by atomic mass is 10.0. The minimum absolute atomic E-state index is 0. The monoisotopic (exact) mass is 795 g/mol. The molecule has 0 aliphatic heterocycles. The molecule has 19 heteroatoms. The second-order valence-corrected chi connectivity index (χ2v) is 13.6. The summed E-state index contributed by atoms with van der Waals surface area (Å²) in [6, 6.07) is 10.9. The van der Waals surface area contributed by atoms with E-state index in [1.54, 1.807) is 33.9 Å². The van der Waals surface area contributed by atoms with E-state index in [0.717, 1.165) is 17.5 Å². The van der Waals surface area contributed by atoms with Crippen molar-refractivity contribution in [3.05, 3.63) is 71.9 Å². The number of nitrogens with one attached hydrogen (secondary N) is 4. The van der Waals surface area contributed by atoms with Gasteiger partial charge in [0.05, 0.1) is 35.6 Å². The number of anilines is 1. The number of halogens is 4. The third-order valence-electron chi connectivity index (χ3n) is 8.06. The molecule has 15 nitrogen and oxygen atoms in total. The Morgan fingerprint density at radius 3 is 2.29 bits per heavy atom. The van der Waals surface area contributed by atoms with Crippen LogP contribution in [0.15, 0.2) is 65.8 Å². The van der Waals surface area contributed by atoms with Crippen molar-refractivity contribution < 1.29 is 42.2 Å². The minimum atomic E-state index is -4.53. The molecule has 0 aliphatic carbocycles. The maximum Gasteiger partial charge on any atom is 0.416 e. The average molecular weight is 796 g/mol. The van der Waals surface area contributed by atoms with Crippen LogP contribution in [0.5, 0.6) is 0 Å². The van der Waals surface area contributed by atoms with Crippen molar-refractivity contribution in [2.45, 2.75) is 76.4 Å². The van der Waals surface area contributed by atoms with Gasteiger partial charge >= 0.3 is 18.4 Å². The van der Waals surface area contributed by atoms with Crippen molar-refractivity contribution in [1.29, 1.82) is 0 Å². The highest BCUT2D eigenvalue weighted by Crippen LogP contribution is 2.29. The van der Waals surface area contributed by atoms with Crippen LogP contribution in [0.2, 0.25) is 0 Å². The molecule has 0 bridgehead atoms. The first-order valence-electron chi connectivity index (χ1n) is 17.2. The van der Waals surface area contributed by atoms with Crippen molar-refractivity contribution in [3.8, 4) is 0 Å². The number of ether oxygens (including phenoxy) is 1. The van der Waals surface area contributed by atoms with Gasteiger partial charge in [-0.2, -0.15) is 13.2 Å². The third kappa shape index (κ3) is 16.1. The quantitative estimate of drug-likeness (QED) is 0.0855. The molecule has 3 rings (SSSR count). The summed E-state index contributed by atoms with van der Waals surface area (Å²) in [4.78, 5) is 60.3. The van der Waals surface area contributed by atoms with Crippen LogP contribution in [0.3, 0.4) is 0 Å². The Bertz CT molecular complexity index is 1770. The Morgan fingerprint density at radius 2 is 1.67 bits per heavy atom. The fourth-order valence-corrected chi connectivity index (χ4v) is 5.26. The predicted octanol–water partition coefficient (Wildman–Crippen LogP) is 4.25. The van der Waals surface area contributed by atoms with Gasteiger partial charge in [-0.05, 0) is 76.9 Å². The van der Waals surface area contributed by atoms with E-state index in [0.29, 0.717) is 36.2 Å². The molecule has 1 heterocycles. The van der Waals surface area contributed by atoms with E-state index < -0.39 is 53.4 Å². The Kier molecular flexibility index (Phi) is 17.7. The molecule has 0 saturated heterocycles. The molecular weight excluding hydrogens is 747 g/mol. The van der Waals surface area contributed by atoms with E-state index in [1.807, 2.05) is 34.5 Å². The summed E-state index contributed by atoms with van der Waals surface area (Å²) >= 11 is 0. The number of benzene rings is 2. The molecule has 2 aromatic carbocycles. The number of hydrogen-bond acceptors (Lipinski definition) is 10. The zero-order chi connectivity index (χ0) is 40.1. The van der Waals surface area contributed by atoms with Gasteiger partial charge in [-0.15, -0.1) is 12.4 Å². The zero-order valence-electron chi connectivity index (χ0n) is 31.0. The number of pyridine rings is 1. The largest absolute Gasteiger partial charge is 0.465 e. The fraction of sp³-hybridized carbons (Fsp3) is 0.444. The maximum absolute atomic E-state index is 13.5. The number of para-hydroxylation sites is 1. The predicted molar refractivity (Wildman–Crippen MR) is 205 cm³/mol. The van der Waals surface area contributed by atoms with Crippen LogP contribution in [0.1, 0.15) is 51.2 Å². The average Bonchev–Trinajstić information content (AvgIpc) is 3.08. The summed E-state index contributed by atoms with van der Waals surface area (Å²) in [5.74, 6) is -1.53. The molecule has 4 amide bonds. The number of carbonyl (C=O) groups is 4. The number of nitrogens with two attached hydrogens (primary N) is 2. The van der Waals surface area contributed by atoms with Crippen LogP contribution in [-0.2, 0) is 26.9 Å². The summed E-state index contributed by atoms with van der Waals surface area (Å²) in [5, 5.41) is 19.6. The Morgan fingerprint density at radius 1 is 1.00 bits per heavy atom. The number of nitrogens with zero attached hydrogens (tertiary/aromatic N) is 3. The number of guanidine groups is 1. The maximum atomic E-state index is 13.5. The highest BCUT2D eigenvalue weighted by atomic mass is 35.5. The standard InChI is InChI=1S/C36H48F3N9O6.ClH/c1-35(2,3)54-34(53)47-32(46-33(51)52)42-16-17-48(4)26(20-40)9-7-10-27(41)30(49)45-29(18-22-12-14-24(15-13-22)36(37,38)39)31(50)44-25-19-23-8-5-6-11-28(23)43-21-25;/h5-6,8,11-15,19,21,26-27,29H,7,9-10,16-18,20,40-41H2,1-4H3,(H,44,50)(H,45,49)(H,51,52)(H2,42,46,47,53);1H/t26?,27-,29-;/m0./s1. The molecule has 302 valence electrons. The number of rotatable bonds is 15. The number of fused-ring (bicyclic) bond motifs is 1. The van der Waals surface area contributed by atoms with Gasteiger partial charge in [0.2, 0.25) is 17.8 Å². The third-order valence-corrected chi connectivity index (χ3v) is 8.06. The summed E-state index contributed by atoms with van der Waals surface area (Å²) in [5.41, 5.74) is 12.1. The van der Waals surface area contributed by atoms with E-state index in [2.05, 4.69) is 25.9 Å². The van der Waals surface area contributed by atoms with Crippen molar-refractivity contribution in [3.63, 3.8) is 0 Å². The van der Waals surface area contributed by atoms with Crippen LogP contribution in [0, 0.1) is 0 Å². The number of alkyl halides is 3. The zero-order valence-corrected chi connectivity index (χ0v) is 31.8. The number of aromatic nitrogens is 1. The SMILES string of the molecule is CN(CCN=C(NC(=O)O)NC(=O)OC(C)(C)C)C(CN)CCC[C@H](N)C(=O)N[C@@H](Cc1ccc(C(F)(F)F)cc1)C(=O)Nc1cnc2ccccc2c1.Cl. The van der Waals surface area contributed by atoms with Gasteiger partial charge in [0.25, 0.3) is 0 Å². The van der Waals surface area contributed by atoms with Gasteiger partial charge in [0.1, 0.15) is 11.6 Å². The summed E-state index contributed by atoms with van der Waals surface area (Å²) in [6.07, 6.45) is -4.26. The Hall–Kier alpha value is -5.04. The lowest BCUT2D eigenvalue weighted by molar-refractivity contribution is -0.137. The van der Waals surface area contributed by atoms with Gasteiger partial charge in [0.15, 0.2) is 0 Å². The molecule has 1 unspecified atom stereocenters. The number of aliphatic imine (C=N–C) groups is 1. The lowest BCUT2D eigenvalue weighted by Gasteiger charge is -2.27. The molecule has 3 atom stereocenters. The molecule has 0 radical (unpaired) electrons. The lowest BCUT2D eigenvalue weighted by Crippen LogP contribution is -2.51. The minimum Gasteiger partial charge on any atom is -0.465 e. The van der Waals surface area contributed by atoms with E-state index in [1.165, 1.54) is 18.3 Å².